The van der Waals surface area contributed by atoms with E-state index in [2.05, 4.69) is 98.4 Å². The molecule has 0 unspecified atom stereocenters. The highest BCUT2D eigenvalue weighted by molar-refractivity contribution is 5.94. The average Bonchev–Trinajstić information content (AvgIpc) is 1.41. The van der Waals surface area contributed by atoms with Crippen LogP contribution in [-0.2, 0) is 58.2 Å². The van der Waals surface area contributed by atoms with Crippen LogP contribution in [0, 0.1) is 128 Å². The van der Waals surface area contributed by atoms with Crippen LogP contribution in [0.4, 0.5) is 0 Å². The Morgan fingerprint density at radius 3 is 2.57 bits per heavy atom. The molecule has 1 aromatic heterocycles. The molecule has 7 spiro atoms. The second-order valence-corrected chi connectivity index (χ2v) is 33.6. The number of ketones is 1. The van der Waals surface area contributed by atoms with Crippen LogP contribution >= 0.6 is 0 Å². The van der Waals surface area contributed by atoms with Crippen molar-refractivity contribution in [1.82, 2.24) is 10.2 Å². The van der Waals surface area contributed by atoms with Crippen molar-refractivity contribution in [2.75, 3.05) is 26.4 Å². The Morgan fingerprint density at radius 2 is 1.75 bits per heavy atom. The number of epoxide rings is 1. The van der Waals surface area contributed by atoms with Gasteiger partial charge in [0.25, 0.3) is 0 Å². The monoisotopic (exact) mass is 1200 g/mol. The predicted octanol–water partition coefficient (Wildman–Crippen LogP) is 9.57. The van der Waals surface area contributed by atoms with Crippen LogP contribution in [0.2, 0.25) is 0 Å². The van der Waals surface area contributed by atoms with Crippen molar-refractivity contribution in [3.8, 4) is 11.8 Å². The van der Waals surface area contributed by atoms with E-state index in [1.165, 1.54) is 11.1 Å². The molecule has 0 amide bonds. The summed E-state index contributed by atoms with van der Waals surface area (Å²) in [5, 5.41) is 42.1. The minimum Gasteiger partial charge on any atom is -0.469 e. The Morgan fingerprint density at radius 1 is 0.909 bits per heavy atom. The van der Waals surface area contributed by atoms with Crippen LogP contribution in [0.15, 0.2) is 64.9 Å². The van der Waals surface area contributed by atoms with Gasteiger partial charge in [0.2, 0.25) is 0 Å². The van der Waals surface area contributed by atoms with Gasteiger partial charge in [-0.1, -0.05) is 87.9 Å². The number of carbonyl (C=O) groups is 3. The summed E-state index contributed by atoms with van der Waals surface area (Å²) in [7, 11) is 0. The second kappa shape index (κ2) is 18.1. The van der Waals surface area contributed by atoms with E-state index in [4.69, 9.17) is 23.4 Å². The van der Waals surface area contributed by atoms with Crippen LogP contribution in [0.1, 0.15) is 159 Å². The molecule has 0 radical (unpaired) electrons. The smallest absolute Gasteiger partial charge is 0.339 e. The molecular formula is C75H92N2O11. The van der Waals surface area contributed by atoms with E-state index in [1.54, 1.807) is 0 Å². The molecule has 13 fully saturated rings. The molecule has 8 heterocycles. The number of benzene rings is 1. The van der Waals surface area contributed by atoms with E-state index in [-0.39, 0.29) is 77.7 Å². The molecule has 88 heavy (non-hydrogen) atoms. The van der Waals surface area contributed by atoms with E-state index in [1.807, 2.05) is 6.26 Å². The van der Waals surface area contributed by atoms with Gasteiger partial charge in [-0.25, -0.2) is 4.79 Å². The van der Waals surface area contributed by atoms with Crippen molar-refractivity contribution in [2.45, 2.75) is 203 Å². The summed E-state index contributed by atoms with van der Waals surface area (Å²) in [5.41, 5.74) is -5.18. The molecule has 10 aliphatic carbocycles. The maximum absolute atomic E-state index is 17.6. The largest absolute Gasteiger partial charge is 0.469 e. The minimum absolute atomic E-state index is 0.0224. The van der Waals surface area contributed by atoms with Crippen LogP contribution < -0.4 is 5.32 Å². The van der Waals surface area contributed by atoms with Crippen LogP contribution in [-0.4, -0.2) is 106 Å². The third-order valence-electron chi connectivity index (χ3n) is 30.7. The summed E-state index contributed by atoms with van der Waals surface area (Å²) in [6.07, 6.45) is 22.4. The molecule has 5 saturated heterocycles. The van der Waals surface area contributed by atoms with Crippen LogP contribution in [0.25, 0.3) is 0 Å². The molecule has 7 aliphatic heterocycles. The molecule has 1 aromatic carbocycles. The zero-order valence-electron chi connectivity index (χ0n) is 52.2. The quantitative estimate of drug-likeness (QED) is 0.0808. The fourth-order valence-corrected chi connectivity index (χ4v) is 28.5. The van der Waals surface area contributed by atoms with Gasteiger partial charge in [-0.3, -0.25) is 14.9 Å². The zero-order chi connectivity index (χ0) is 59.7. The highest BCUT2D eigenvalue weighted by Gasteiger charge is 3.01. The standard InChI is InChI=1S/C75H92N2O11/c1-40(2)26-50-31-51-30-49-20-24-69(22-8-9-23-69)70(49)34-47-33-67(3)73-48(18-15-46-37-84-57(58(46)73)32-53(56(79)36-78)44-16-19-52-45(29-44)21-25-77-39-76-35-55(52)77)17-14-43-13-12-42(27-41-10-6-5-7-11-41)28-54(43)72(75(67)64(86-75)66(83)87-73)60(47)71-38-85-65(82)62(70)74(51,71)88-68(50,4)61(71)59(80)63(72)81/h5-7,10-11,21,25,31,37,40,42-45,47-50,52-56,60-64,76,78-79,81H,8-9,12-13,15-16,18-20,22-24,26-30,32-36,38-39H2,1-4H3/t42-,43-,44+,45-,47+,48-,49+,50-,52+,53+,54+,55+,56-,60-,61-,62+,63-,64-,67+,68+,70-,71-,72+,73+,74+,75-/m1/s1. The van der Waals surface area contributed by atoms with E-state index in [0.29, 0.717) is 55.7 Å². The van der Waals surface area contributed by atoms with Crippen molar-refractivity contribution in [3.63, 3.8) is 0 Å². The molecule has 26 atom stereocenters. The zero-order valence-corrected chi connectivity index (χ0v) is 52.2. The number of rotatable bonds is 9. The van der Waals surface area contributed by atoms with Crippen LogP contribution in [0.5, 0.6) is 0 Å². The number of allylic oxidation sites excluding steroid dienone is 1. The Kier molecular flexibility index (Phi) is 11.4. The van der Waals surface area contributed by atoms with Crippen molar-refractivity contribution in [2.24, 2.45) is 116 Å². The van der Waals surface area contributed by atoms with E-state index < -0.39 is 97.9 Å². The van der Waals surface area contributed by atoms with Crippen molar-refractivity contribution in [1.29, 1.82) is 0 Å². The number of nitrogens with zero attached hydrogens (tertiary/aromatic N) is 1. The number of aliphatic hydroxyl groups excluding tert-OH is 3. The third-order valence-corrected chi connectivity index (χ3v) is 30.7. The van der Waals surface area contributed by atoms with Gasteiger partial charge in [0.05, 0.1) is 54.4 Å². The minimum atomic E-state index is -1.57. The maximum atomic E-state index is 17.6. The van der Waals surface area contributed by atoms with Gasteiger partial charge in [-0.05, 0) is 209 Å². The van der Waals surface area contributed by atoms with Gasteiger partial charge >= 0.3 is 11.9 Å². The molecule has 17 aliphatic rings. The number of ether oxygens (including phenoxy) is 4. The van der Waals surface area contributed by atoms with Crippen molar-refractivity contribution in [3.05, 3.63) is 83.0 Å². The molecule has 19 rings (SSSR count). The van der Waals surface area contributed by atoms with Crippen LogP contribution in [0.3, 0.4) is 0 Å². The number of nitrogens with one attached hydrogen (secondary N) is 1. The predicted molar refractivity (Wildman–Crippen MR) is 322 cm³/mol. The number of carbonyl (C=O) groups excluding carboxylic acids is 3. The molecular weight excluding hydrogens is 1100 g/mol. The lowest BCUT2D eigenvalue weighted by molar-refractivity contribution is -0.320. The average molecular weight is 1200 g/mol. The summed E-state index contributed by atoms with van der Waals surface area (Å²) in [4.78, 5) is 52.7. The first-order chi connectivity index (χ1) is 42.5. The molecule has 468 valence electrons. The van der Waals surface area contributed by atoms with Gasteiger partial charge in [0, 0.05) is 47.2 Å². The van der Waals surface area contributed by atoms with Crippen molar-refractivity contribution < 1.29 is 53.1 Å². The van der Waals surface area contributed by atoms with E-state index in [0.717, 1.165) is 121 Å². The molecule has 8 saturated carbocycles. The lowest BCUT2D eigenvalue weighted by Gasteiger charge is -2.74. The second-order valence-electron chi connectivity index (χ2n) is 33.6. The summed E-state index contributed by atoms with van der Waals surface area (Å²) in [6, 6.07) is 11.2. The summed E-state index contributed by atoms with van der Waals surface area (Å²) in [6.45, 7) is 10.6. The Hall–Kier alpha value is -4.29. The topological polar surface area (TPSA) is 181 Å². The van der Waals surface area contributed by atoms with Gasteiger partial charge in [-0.15, -0.1) is 0 Å². The Balaban J connectivity index is 0.864. The lowest BCUT2D eigenvalue weighted by Crippen LogP contribution is -2.84. The number of hydrogen-bond donors (Lipinski definition) is 4. The Bertz CT molecular complexity index is 3470. The number of cyclic esters (lactones) is 1. The number of aliphatic hydroxyl groups is 3. The Labute approximate surface area is 518 Å². The molecule has 9 bridgehead atoms. The highest BCUT2D eigenvalue weighted by Crippen LogP contribution is 2.92. The first-order valence-corrected chi connectivity index (χ1v) is 35.3. The summed E-state index contributed by atoms with van der Waals surface area (Å²) < 4.78 is 38.3. The summed E-state index contributed by atoms with van der Waals surface area (Å²) in [5.74, 6) is 5.85. The van der Waals surface area contributed by atoms with E-state index in [9.17, 15) is 10.2 Å². The van der Waals surface area contributed by atoms with Gasteiger partial charge in [-0.2, -0.15) is 0 Å². The van der Waals surface area contributed by atoms with Gasteiger partial charge in [0.1, 0.15) is 29.7 Å². The molecule has 4 N–H and O–H groups in total. The molecule has 13 heteroatoms. The number of esters is 2. The van der Waals surface area contributed by atoms with Gasteiger partial charge < -0.3 is 43.6 Å². The lowest BCUT2D eigenvalue weighted by atomic mass is 9.28. The molecule has 13 nitrogen and oxygen atoms in total. The normalized spacial score (nSPS) is 51.4. The first kappa shape index (κ1) is 55.4. The third kappa shape index (κ3) is 6.09. The SMILES string of the molecule is CC(C)C[C@@H]1C=C2C[C@@H]3CCC4(CCCC4)[C@]34C[C@@H]3C[C@]5(C)[C@]67O[C@@H]6C(=O)O[C@@]56c5c(coc5C[C@@H]([C@H]5CC[C@H]8[C@H](C=CN9CNC[C@@H]89)C5)[C@H](O)CO)CC[C@H]6C#C[C@H]5CC[C@H](Cc6ccccc6)C[C@@H]5[C@]75[C@H](O)C(=O)[C@@H]6[C@@]1(C)O[C@]21[C@H]4C(=O)OC[C@@]61[C@@H]35. The van der Waals surface area contributed by atoms with Gasteiger partial charge in [0.15, 0.2) is 17.5 Å². The summed E-state index contributed by atoms with van der Waals surface area (Å²) >= 11 is 0. The first-order valence-electron chi connectivity index (χ1n) is 35.3. The highest BCUT2D eigenvalue weighted by atomic mass is 16.7. The van der Waals surface area contributed by atoms with Crippen molar-refractivity contribution >= 4 is 17.7 Å². The fraction of sp³-hybridized carbons (Fsp3) is 0.747. The molecule has 2 aromatic rings. The number of hydrogen-bond acceptors (Lipinski definition) is 13. The number of aryl methyl sites for hydroxylation is 1. The number of Topliss-reactive ketones (excluding diaryl/α,β-unsaturated/α-hetero) is 1. The number of furan rings is 1. The maximum Gasteiger partial charge on any atom is 0.339 e. The fourth-order valence-electron chi connectivity index (χ4n) is 28.5. The number of fused-ring (bicyclic) bond motifs is 7. The van der Waals surface area contributed by atoms with E-state index >= 15 is 19.5 Å².